The number of carbonyl (C=O) groups excluding carboxylic acids is 1. The Kier molecular flexibility index (Phi) is 7.11. The molecule has 1 unspecified atom stereocenters. The molecule has 0 radical (unpaired) electrons. The summed E-state index contributed by atoms with van der Waals surface area (Å²) in [5.74, 6) is 1.53. The summed E-state index contributed by atoms with van der Waals surface area (Å²) >= 11 is 0. The molecular formula is C20H29N5O3. The molecule has 0 bridgehead atoms. The number of carbonyl (C=O) groups is 1. The molecule has 0 aliphatic carbocycles. The van der Waals surface area contributed by atoms with Crippen LogP contribution in [0.1, 0.15) is 48.8 Å². The number of nitrogens with one attached hydrogen (secondary N) is 1. The largest absolute Gasteiger partial charge is 0.469 e. The van der Waals surface area contributed by atoms with Gasteiger partial charge in [0.05, 0.1) is 30.7 Å². The van der Waals surface area contributed by atoms with Gasteiger partial charge >= 0.3 is 5.97 Å². The van der Waals surface area contributed by atoms with Crippen molar-refractivity contribution in [2.24, 2.45) is 4.99 Å². The first-order valence-electron chi connectivity index (χ1n) is 9.98. The predicted octanol–water partition coefficient (Wildman–Crippen LogP) is 2.50. The molecule has 8 nitrogen and oxygen atoms in total. The lowest BCUT2D eigenvalue weighted by Gasteiger charge is -2.35. The van der Waals surface area contributed by atoms with Gasteiger partial charge in [0.2, 0.25) is 0 Å². The van der Waals surface area contributed by atoms with Crippen molar-refractivity contribution in [2.45, 2.75) is 39.2 Å². The van der Waals surface area contributed by atoms with Gasteiger partial charge in [-0.1, -0.05) is 0 Å². The van der Waals surface area contributed by atoms with Crippen molar-refractivity contribution >= 4 is 11.9 Å². The Labute approximate surface area is 165 Å². The van der Waals surface area contributed by atoms with E-state index in [4.69, 9.17) is 14.1 Å². The van der Waals surface area contributed by atoms with E-state index in [0.29, 0.717) is 18.7 Å². The minimum atomic E-state index is -0.325. The van der Waals surface area contributed by atoms with Gasteiger partial charge in [-0.05, 0) is 38.8 Å². The lowest BCUT2D eigenvalue weighted by molar-refractivity contribution is 0.0526. The van der Waals surface area contributed by atoms with E-state index in [2.05, 4.69) is 22.2 Å². The number of piperidine rings is 1. The molecule has 2 aromatic rings. The summed E-state index contributed by atoms with van der Waals surface area (Å²) in [5, 5.41) is 7.78. The van der Waals surface area contributed by atoms with Crippen LogP contribution in [0.25, 0.3) is 0 Å². The van der Waals surface area contributed by atoms with Gasteiger partial charge in [-0.3, -0.25) is 9.67 Å². The molecule has 3 rings (SSSR count). The zero-order valence-electron chi connectivity index (χ0n) is 16.6. The zero-order chi connectivity index (χ0) is 19.8. The molecular weight excluding hydrogens is 358 g/mol. The number of aliphatic imine (C=N–C) groups is 1. The molecule has 1 saturated heterocycles. The highest BCUT2D eigenvalue weighted by Crippen LogP contribution is 2.21. The van der Waals surface area contributed by atoms with Crippen LogP contribution in [0.5, 0.6) is 0 Å². The van der Waals surface area contributed by atoms with Crippen LogP contribution in [0.3, 0.4) is 0 Å². The molecule has 0 amide bonds. The van der Waals surface area contributed by atoms with Gasteiger partial charge in [-0.25, -0.2) is 4.79 Å². The summed E-state index contributed by atoms with van der Waals surface area (Å²) in [5.41, 5.74) is 0.498. The van der Waals surface area contributed by atoms with E-state index < -0.39 is 0 Å². The van der Waals surface area contributed by atoms with Crippen molar-refractivity contribution < 1.29 is 13.9 Å². The van der Waals surface area contributed by atoms with Gasteiger partial charge in [0.15, 0.2) is 5.96 Å². The summed E-state index contributed by atoms with van der Waals surface area (Å²) in [6, 6.07) is 4.07. The molecule has 8 heteroatoms. The molecule has 1 aliphatic heterocycles. The molecule has 0 aromatic carbocycles. The summed E-state index contributed by atoms with van der Waals surface area (Å²) in [6.07, 6.45) is 7.90. The number of guanidine groups is 1. The summed E-state index contributed by atoms with van der Waals surface area (Å²) in [6.45, 7) is 7.48. The Morgan fingerprint density at radius 2 is 2.36 bits per heavy atom. The second-order valence-electron chi connectivity index (χ2n) is 6.74. The number of furan rings is 1. The molecule has 2 aromatic heterocycles. The van der Waals surface area contributed by atoms with Crippen LogP contribution in [-0.4, -0.2) is 59.4 Å². The summed E-state index contributed by atoms with van der Waals surface area (Å²) in [7, 11) is 0. The fraction of sp³-hybridized carbons (Fsp3) is 0.550. The maximum Gasteiger partial charge on any atom is 0.341 e. The lowest BCUT2D eigenvalue weighted by atomic mass is 10.1. The van der Waals surface area contributed by atoms with Crippen LogP contribution in [0.4, 0.5) is 0 Å². The van der Waals surface area contributed by atoms with E-state index >= 15 is 0 Å². The second-order valence-corrected chi connectivity index (χ2v) is 6.74. The van der Waals surface area contributed by atoms with Crippen LogP contribution in [0.15, 0.2) is 40.2 Å². The normalized spacial score (nSPS) is 17.6. The molecule has 0 spiro atoms. The Hall–Kier alpha value is -2.77. The highest BCUT2D eigenvalue weighted by Gasteiger charge is 2.25. The first-order valence-corrected chi connectivity index (χ1v) is 9.98. The van der Waals surface area contributed by atoms with Crippen molar-refractivity contribution in [1.82, 2.24) is 20.0 Å². The minimum absolute atomic E-state index is 0.200. The van der Waals surface area contributed by atoms with E-state index in [9.17, 15) is 4.79 Å². The van der Waals surface area contributed by atoms with Crippen LogP contribution < -0.4 is 5.32 Å². The first-order chi connectivity index (χ1) is 13.7. The van der Waals surface area contributed by atoms with E-state index in [0.717, 1.165) is 50.6 Å². The van der Waals surface area contributed by atoms with Crippen molar-refractivity contribution in [1.29, 1.82) is 0 Å². The molecule has 1 atom stereocenters. The van der Waals surface area contributed by atoms with E-state index in [1.54, 1.807) is 25.6 Å². The summed E-state index contributed by atoms with van der Waals surface area (Å²) in [4.78, 5) is 18.9. The average Bonchev–Trinajstić information content (AvgIpc) is 3.40. The number of likely N-dealkylation sites (tertiary alicyclic amines) is 1. The smallest absolute Gasteiger partial charge is 0.341 e. The zero-order valence-corrected chi connectivity index (χ0v) is 16.6. The van der Waals surface area contributed by atoms with Crippen LogP contribution in [-0.2, 0) is 11.2 Å². The molecule has 1 N–H and O–H groups in total. The Morgan fingerprint density at radius 1 is 1.46 bits per heavy atom. The second kappa shape index (κ2) is 9.96. The van der Waals surface area contributed by atoms with Crippen molar-refractivity contribution in [2.75, 3.05) is 32.8 Å². The third-order valence-electron chi connectivity index (χ3n) is 4.72. The molecule has 3 heterocycles. The van der Waals surface area contributed by atoms with E-state index in [1.165, 1.54) is 0 Å². The van der Waals surface area contributed by atoms with Crippen molar-refractivity contribution in [3.05, 3.63) is 42.1 Å². The topological polar surface area (TPSA) is 84.9 Å². The third-order valence-corrected chi connectivity index (χ3v) is 4.72. The third kappa shape index (κ3) is 5.15. The van der Waals surface area contributed by atoms with Crippen molar-refractivity contribution in [3.63, 3.8) is 0 Å². The predicted molar refractivity (Wildman–Crippen MR) is 106 cm³/mol. The van der Waals surface area contributed by atoms with Crippen LogP contribution >= 0.6 is 0 Å². The number of aromatic nitrogens is 2. The van der Waals surface area contributed by atoms with Gasteiger partial charge in [0.25, 0.3) is 0 Å². The minimum Gasteiger partial charge on any atom is -0.469 e. The van der Waals surface area contributed by atoms with E-state index in [-0.39, 0.29) is 12.0 Å². The quantitative estimate of drug-likeness (QED) is 0.446. The number of esters is 1. The molecule has 1 aliphatic rings. The highest BCUT2D eigenvalue weighted by molar-refractivity contribution is 5.88. The van der Waals surface area contributed by atoms with Gasteiger partial charge in [-0.2, -0.15) is 5.10 Å². The molecule has 0 saturated carbocycles. The fourth-order valence-electron chi connectivity index (χ4n) is 3.37. The van der Waals surface area contributed by atoms with Crippen LogP contribution in [0.2, 0.25) is 0 Å². The standard InChI is InChI=1S/C20H29N5O3/c1-3-21-20(22-10-9-18-8-6-12-28-18)24-11-5-7-17(15-24)25-14-16(13-23-25)19(26)27-4-2/h6,8,12-14,17H,3-5,7,9-11,15H2,1-2H3,(H,21,22). The van der Waals surface area contributed by atoms with E-state index in [1.807, 2.05) is 16.8 Å². The Morgan fingerprint density at radius 3 is 3.11 bits per heavy atom. The number of rotatable bonds is 7. The van der Waals surface area contributed by atoms with Gasteiger partial charge in [0.1, 0.15) is 5.76 Å². The maximum atomic E-state index is 11.9. The van der Waals surface area contributed by atoms with Crippen molar-refractivity contribution in [3.8, 4) is 0 Å². The van der Waals surface area contributed by atoms with Crippen LogP contribution in [0, 0.1) is 0 Å². The van der Waals surface area contributed by atoms with Gasteiger partial charge in [0, 0.05) is 38.8 Å². The fourth-order valence-corrected chi connectivity index (χ4v) is 3.37. The number of ether oxygens (including phenoxy) is 1. The number of hydrogen-bond donors (Lipinski definition) is 1. The van der Waals surface area contributed by atoms with Gasteiger partial charge < -0.3 is 19.4 Å². The Bertz CT molecular complexity index is 769. The molecule has 1 fully saturated rings. The van der Waals surface area contributed by atoms with Gasteiger partial charge in [-0.15, -0.1) is 0 Å². The lowest BCUT2D eigenvalue weighted by Crippen LogP contribution is -2.47. The molecule has 152 valence electrons. The monoisotopic (exact) mass is 387 g/mol. The average molecular weight is 387 g/mol. The Balaban J connectivity index is 1.63. The molecule has 28 heavy (non-hydrogen) atoms. The maximum absolute atomic E-state index is 11.9. The SMILES string of the molecule is CCNC(=NCCc1ccco1)N1CCCC(n2cc(C(=O)OCC)cn2)C1. The number of hydrogen-bond acceptors (Lipinski definition) is 5. The first kappa shape index (κ1) is 20.0. The number of nitrogens with zero attached hydrogens (tertiary/aromatic N) is 4. The highest BCUT2D eigenvalue weighted by atomic mass is 16.5. The summed E-state index contributed by atoms with van der Waals surface area (Å²) < 4.78 is 12.3.